The van der Waals surface area contributed by atoms with E-state index in [-0.39, 0.29) is 28.6 Å². The summed E-state index contributed by atoms with van der Waals surface area (Å²) in [4.78, 5) is 61.1. The minimum atomic E-state index is -0.809. The fourth-order valence-electron chi connectivity index (χ4n) is 3.10. The molecule has 176 valence electrons. The van der Waals surface area contributed by atoms with Crippen molar-refractivity contribution in [1.29, 1.82) is 0 Å². The normalized spacial score (nSPS) is 10.5. The lowest BCUT2D eigenvalue weighted by atomic mass is 10.2. The summed E-state index contributed by atoms with van der Waals surface area (Å²) in [7, 11) is 1.26. The molecule has 0 spiro atoms. The lowest BCUT2D eigenvalue weighted by Crippen LogP contribution is -2.40. The van der Waals surface area contributed by atoms with E-state index in [9.17, 15) is 24.0 Å². The van der Waals surface area contributed by atoms with Crippen LogP contribution in [0.3, 0.4) is 0 Å². The van der Waals surface area contributed by atoms with Crippen LogP contribution in [0.4, 0.5) is 11.5 Å². The molecule has 11 nitrogen and oxygen atoms in total. The molecule has 0 aliphatic heterocycles. The summed E-state index contributed by atoms with van der Waals surface area (Å²) in [5.41, 5.74) is 5.65. The van der Waals surface area contributed by atoms with Gasteiger partial charge in [-0.05, 0) is 37.3 Å². The first kappa shape index (κ1) is 24.0. The average Bonchev–Trinajstić information content (AvgIpc) is 2.77. The third-order valence-electron chi connectivity index (χ3n) is 4.74. The number of carbonyl (C=O) groups excluding carboxylic acids is 3. The van der Waals surface area contributed by atoms with Crippen LogP contribution >= 0.6 is 0 Å². The van der Waals surface area contributed by atoms with Crippen LogP contribution in [0.1, 0.15) is 29.8 Å². The predicted molar refractivity (Wildman–Crippen MR) is 123 cm³/mol. The summed E-state index contributed by atoms with van der Waals surface area (Å²) in [6.45, 7) is 4.18. The van der Waals surface area contributed by atoms with Crippen molar-refractivity contribution in [2.75, 3.05) is 11.1 Å². The maximum absolute atomic E-state index is 12.9. The second-order valence-corrected chi connectivity index (χ2v) is 7.38. The average molecular weight is 466 g/mol. The minimum absolute atomic E-state index is 0.0262. The molecule has 1 heterocycles. The largest absolute Gasteiger partial charge is 0.423 e. The highest BCUT2D eigenvalue weighted by Crippen LogP contribution is 2.29. The number of hydrogen-bond acceptors (Lipinski definition) is 8. The Bertz CT molecular complexity index is 1420. The Kier molecular flexibility index (Phi) is 6.66. The number of carbonyl (C=O) groups is 3. The van der Waals surface area contributed by atoms with E-state index < -0.39 is 29.1 Å². The van der Waals surface area contributed by atoms with Crippen LogP contribution in [-0.4, -0.2) is 27.0 Å². The number of aromatic nitrogens is 2. The van der Waals surface area contributed by atoms with Gasteiger partial charge in [0.1, 0.15) is 11.5 Å². The first-order chi connectivity index (χ1) is 16.0. The zero-order valence-corrected chi connectivity index (χ0v) is 18.9. The van der Waals surface area contributed by atoms with E-state index in [0.717, 1.165) is 21.6 Å². The maximum atomic E-state index is 12.9. The number of ether oxygens (including phenoxy) is 2. The number of aryl methyl sites for hydroxylation is 1. The van der Waals surface area contributed by atoms with Gasteiger partial charge in [-0.1, -0.05) is 17.7 Å². The van der Waals surface area contributed by atoms with Crippen molar-refractivity contribution in [2.45, 2.75) is 20.8 Å². The molecule has 2 aromatic carbocycles. The van der Waals surface area contributed by atoms with Gasteiger partial charge in [-0.15, -0.1) is 0 Å². The lowest BCUT2D eigenvalue weighted by molar-refractivity contribution is -0.134. The van der Waals surface area contributed by atoms with Crippen molar-refractivity contribution >= 4 is 29.4 Å². The number of esters is 2. The lowest BCUT2D eigenvalue weighted by Gasteiger charge is -2.16. The number of anilines is 2. The molecule has 0 aliphatic carbocycles. The molecular formula is C23H22N4O7. The van der Waals surface area contributed by atoms with Gasteiger partial charge in [0.05, 0.1) is 5.69 Å². The Labute approximate surface area is 193 Å². The SMILES string of the molecule is CC(=O)Oc1ccc(C(=O)Nc2c(N)n(-c3ccc(C)cc3)c(=O)n(C)c2=O)cc1OC(C)=O. The summed E-state index contributed by atoms with van der Waals surface area (Å²) < 4.78 is 11.9. The Balaban J connectivity index is 2.06. The van der Waals surface area contributed by atoms with Crippen molar-refractivity contribution < 1.29 is 23.9 Å². The molecule has 3 N–H and O–H groups in total. The van der Waals surface area contributed by atoms with Crippen molar-refractivity contribution in [3.8, 4) is 17.2 Å². The van der Waals surface area contributed by atoms with E-state index in [1.807, 2.05) is 6.92 Å². The summed E-state index contributed by atoms with van der Waals surface area (Å²) in [5, 5.41) is 2.42. The quantitative estimate of drug-likeness (QED) is 0.424. The van der Waals surface area contributed by atoms with E-state index in [1.165, 1.54) is 32.2 Å². The van der Waals surface area contributed by atoms with Crippen molar-refractivity contribution in [3.63, 3.8) is 0 Å². The molecule has 3 rings (SSSR count). The van der Waals surface area contributed by atoms with Crippen LogP contribution in [0.15, 0.2) is 52.1 Å². The van der Waals surface area contributed by atoms with Crippen LogP contribution in [0.2, 0.25) is 0 Å². The third-order valence-corrected chi connectivity index (χ3v) is 4.74. The molecule has 0 radical (unpaired) electrons. The molecule has 1 aromatic heterocycles. The number of amides is 1. The van der Waals surface area contributed by atoms with Gasteiger partial charge in [0, 0.05) is 26.5 Å². The van der Waals surface area contributed by atoms with E-state index in [1.54, 1.807) is 24.3 Å². The second kappa shape index (κ2) is 9.45. The number of nitrogens with one attached hydrogen (secondary N) is 1. The number of nitrogen functional groups attached to an aromatic ring is 1. The van der Waals surface area contributed by atoms with Crippen LogP contribution in [0.25, 0.3) is 5.69 Å². The summed E-state index contributed by atoms with van der Waals surface area (Å²) in [6.07, 6.45) is 0. The molecule has 0 aliphatic rings. The molecule has 0 fully saturated rings. The zero-order valence-electron chi connectivity index (χ0n) is 18.9. The molecule has 1 amide bonds. The fraction of sp³-hybridized carbons (Fsp3) is 0.174. The van der Waals surface area contributed by atoms with Gasteiger partial charge in [-0.25, -0.2) is 9.36 Å². The summed E-state index contributed by atoms with van der Waals surface area (Å²) in [5.74, 6) is -2.62. The van der Waals surface area contributed by atoms with Crippen molar-refractivity contribution in [2.24, 2.45) is 7.05 Å². The van der Waals surface area contributed by atoms with Gasteiger partial charge < -0.3 is 20.5 Å². The highest BCUT2D eigenvalue weighted by atomic mass is 16.6. The number of nitrogens with two attached hydrogens (primary N) is 1. The molecule has 34 heavy (non-hydrogen) atoms. The van der Waals surface area contributed by atoms with Crippen molar-refractivity contribution in [3.05, 3.63) is 74.4 Å². The topological polar surface area (TPSA) is 152 Å². The Morgan fingerprint density at radius 1 is 0.912 bits per heavy atom. The number of benzene rings is 2. The molecule has 11 heteroatoms. The van der Waals surface area contributed by atoms with Gasteiger partial charge in [-0.2, -0.15) is 0 Å². The Morgan fingerprint density at radius 2 is 1.50 bits per heavy atom. The van der Waals surface area contributed by atoms with Crippen LogP contribution in [0, 0.1) is 6.92 Å². The van der Waals surface area contributed by atoms with Gasteiger partial charge in [0.2, 0.25) is 0 Å². The Morgan fingerprint density at radius 3 is 2.09 bits per heavy atom. The van der Waals surface area contributed by atoms with Gasteiger partial charge in [-0.3, -0.25) is 23.7 Å². The molecule has 0 unspecified atom stereocenters. The van der Waals surface area contributed by atoms with E-state index in [2.05, 4.69) is 5.32 Å². The molecule has 0 atom stereocenters. The highest BCUT2D eigenvalue weighted by Gasteiger charge is 2.21. The number of rotatable bonds is 5. The van der Waals surface area contributed by atoms with Gasteiger partial charge in [0.15, 0.2) is 11.5 Å². The van der Waals surface area contributed by atoms with Crippen LogP contribution < -0.4 is 31.8 Å². The first-order valence-corrected chi connectivity index (χ1v) is 10.0. The van der Waals surface area contributed by atoms with Gasteiger partial charge >= 0.3 is 17.6 Å². The molecule has 3 aromatic rings. The summed E-state index contributed by atoms with van der Waals surface area (Å²) in [6, 6.07) is 10.6. The highest BCUT2D eigenvalue weighted by molar-refractivity contribution is 6.06. The number of hydrogen-bond donors (Lipinski definition) is 2. The van der Waals surface area contributed by atoms with Crippen molar-refractivity contribution in [1.82, 2.24) is 9.13 Å². The van der Waals surface area contributed by atoms with Gasteiger partial charge in [0.25, 0.3) is 11.5 Å². The predicted octanol–water partition coefficient (Wildman–Crippen LogP) is 1.53. The van der Waals surface area contributed by atoms with E-state index in [4.69, 9.17) is 15.2 Å². The smallest absolute Gasteiger partial charge is 0.337 e. The minimum Gasteiger partial charge on any atom is -0.423 e. The Hall–Kier alpha value is -4.67. The third kappa shape index (κ3) is 4.88. The van der Waals surface area contributed by atoms with Crippen LogP contribution in [-0.2, 0) is 16.6 Å². The second-order valence-electron chi connectivity index (χ2n) is 7.38. The monoisotopic (exact) mass is 466 g/mol. The fourth-order valence-corrected chi connectivity index (χ4v) is 3.10. The first-order valence-electron chi connectivity index (χ1n) is 10.0. The molecular weight excluding hydrogens is 444 g/mol. The molecule has 0 saturated heterocycles. The summed E-state index contributed by atoms with van der Waals surface area (Å²) >= 11 is 0. The maximum Gasteiger partial charge on any atom is 0.337 e. The molecule has 0 saturated carbocycles. The van der Waals surface area contributed by atoms with Crippen LogP contribution in [0.5, 0.6) is 11.5 Å². The van der Waals surface area contributed by atoms with E-state index in [0.29, 0.717) is 5.69 Å². The van der Waals surface area contributed by atoms with E-state index >= 15 is 0 Å². The zero-order chi connectivity index (χ0) is 25.2. The standard InChI is InChI=1S/C23H22N4O7/c1-12-5-8-16(9-6-12)27-20(24)19(22(31)26(4)23(27)32)25-21(30)15-7-10-17(33-13(2)28)18(11-15)34-14(3)29/h5-11H,24H2,1-4H3,(H,25,30). The molecule has 0 bridgehead atoms. The number of nitrogens with zero attached hydrogens (tertiary/aromatic N) is 2.